The van der Waals surface area contributed by atoms with Crippen LogP contribution in [0.5, 0.6) is 5.75 Å². The lowest BCUT2D eigenvalue weighted by molar-refractivity contribution is -0.114. The lowest BCUT2D eigenvalue weighted by Gasteiger charge is -2.26. The topological polar surface area (TPSA) is 70.7 Å². The van der Waals surface area contributed by atoms with Gasteiger partial charge in [-0.05, 0) is 67.4 Å². The molecule has 6 rings (SSSR count). The molecule has 1 N–H and O–H groups in total. The number of carbonyl (C=O) groups is 1. The maximum Gasteiger partial charge on any atom is 0.283 e. The molecule has 2 aliphatic heterocycles. The SMILES string of the molecule is Cc1ccc(OCCCn2cc(/C=C3/C(=N)N4C(c5ccc(F)cc5)=CSC4=NC3=O)c3ccccc32)cc1. The summed E-state index contributed by atoms with van der Waals surface area (Å²) in [5.41, 5.74) is 4.73. The maximum atomic E-state index is 13.5. The summed E-state index contributed by atoms with van der Waals surface area (Å²) in [5, 5.41) is 12.2. The average molecular weight is 537 g/mol. The number of nitrogens with one attached hydrogen (secondary N) is 1. The number of hydrogen-bond donors (Lipinski definition) is 1. The van der Waals surface area contributed by atoms with Crippen LogP contribution in [-0.4, -0.2) is 33.0 Å². The van der Waals surface area contributed by atoms with Crippen LogP contribution >= 0.6 is 11.8 Å². The minimum absolute atomic E-state index is 0.0499. The minimum atomic E-state index is -0.448. The van der Waals surface area contributed by atoms with E-state index in [1.54, 1.807) is 23.1 Å². The molecule has 39 heavy (non-hydrogen) atoms. The molecule has 1 aromatic heterocycles. The average Bonchev–Trinajstić information content (AvgIpc) is 3.52. The molecular formula is C31H25FN4O2S. The Kier molecular flexibility index (Phi) is 6.62. The molecule has 0 unspecified atom stereocenters. The predicted octanol–water partition coefficient (Wildman–Crippen LogP) is 6.86. The maximum absolute atomic E-state index is 13.5. The summed E-state index contributed by atoms with van der Waals surface area (Å²) in [4.78, 5) is 18.9. The molecule has 194 valence electrons. The fourth-order valence-corrected chi connectivity index (χ4v) is 5.61. The number of nitrogens with zero attached hydrogens (tertiary/aromatic N) is 3. The van der Waals surface area contributed by atoms with Crippen LogP contribution < -0.4 is 4.74 Å². The first kappa shape index (κ1) is 24.9. The van der Waals surface area contributed by atoms with Crippen LogP contribution in [0.3, 0.4) is 0 Å². The molecule has 0 aliphatic carbocycles. The fourth-order valence-electron chi connectivity index (χ4n) is 4.72. The van der Waals surface area contributed by atoms with Crippen molar-refractivity contribution in [1.29, 1.82) is 5.41 Å². The van der Waals surface area contributed by atoms with Gasteiger partial charge >= 0.3 is 0 Å². The Labute approximate surface area is 229 Å². The van der Waals surface area contributed by atoms with Crippen LogP contribution in [0.4, 0.5) is 4.39 Å². The number of rotatable bonds is 7. The van der Waals surface area contributed by atoms with Crippen molar-refractivity contribution in [3.8, 4) is 5.75 Å². The number of halogens is 1. The quantitative estimate of drug-likeness (QED) is 0.207. The number of thioether (sulfide) groups is 1. The van der Waals surface area contributed by atoms with Crippen molar-refractivity contribution >= 4 is 51.3 Å². The summed E-state index contributed by atoms with van der Waals surface area (Å²) in [7, 11) is 0. The molecule has 0 spiro atoms. The van der Waals surface area contributed by atoms with E-state index in [9.17, 15) is 9.18 Å². The van der Waals surface area contributed by atoms with Crippen LogP contribution in [0, 0.1) is 18.2 Å². The monoisotopic (exact) mass is 536 g/mol. The third kappa shape index (κ3) is 4.91. The van der Waals surface area contributed by atoms with Crippen molar-refractivity contribution in [3.63, 3.8) is 0 Å². The largest absolute Gasteiger partial charge is 0.494 e. The molecule has 0 atom stereocenters. The first-order chi connectivity index (χ1) is 19.0. The Morgan fingerprint density at radius 3 is 2.62 bits per heavy atom. The van der Waals surface area contributed by atoms with Gasteiger partial charge in [0.05, 0.1) is 17.9 Å². The molecule has 8 heteroatoms. The second-order valence-corrected chi connectivity index (χ2v) is 10.2. The molecule has 4 aromatic rings. The Morgan fingerprint density at radius 1 is 1.05 bits per heavy atom. The zero-order valence-electron chi connectivity index (χ0n) is 21.2. The Morgan fingerprint density at radius 2 is 1.82 bits per heavy atom. The van der Waals surface area contributed by atoms with Crippen molar-refractivity contribution in [1.82, 2.24) is 9.47 Å². The molecule has 0 saturated heterocycles. The molecule has 0 bridgehead atoms. The first-order valence-corrected chi connectivity index (χ1v) is 13.5. The standard InChI is InChI=1S/C31H25FN4O2S/c1-20-7-13-24(14-8-20)38-16-4-15-35-18-22(25-5-2-3-6-27(25)35)17-26-29(33)36-28(19-39-31(36)34-30(26)37)21-9-11-23(32)12-10-21/h2-3,5-14,17-19,33H,4,15-16H2,1H3/b26-17-,33-29?. The highest BCUT2D eigenvalue weighted by Crippen LogP contribution is 2.38. The number of aromatic nitrogens is 1. The third-order valence-electron chi connectivity index (χ3n) is 6.71. The van der Waals surface area contributed by atoms with Gasteiger partial charge in [0.25, 0.3) is 5.91 Å². The first-order valence-electron chi connectivity index (χ1n) is 12.6. The molecule has 1 amide bonds. The van der Waals surface area contributed by atoms with Crippen LogP contribution in [-0.2, 0) is 11.3 Å². The molecule has 3 heterocycles. The number of aliphatic imine (C=N–C) groups is 1. The summed E-state index contributed by atoms with van der Waals surface area (Å²) in [6.45, 7) is 3.37. The summed E-state index contributed by atoms with van der Waals surface area (Å²) >= 11 is 1.28. The predicted molar refractivity (Wildman–Crippen MR) is 155 cm³/mol. The van der Waals surface area contributed by atoms with Gasteiger partial charge in [-0.3, -0.25) is 15.1 Å². The number of hydrogen-bond acceptors (Lipinski definition) is 4. The smallest absolute Gasteiger partial charge is 0.283 e. The Bertz CT molecular complexity index is 1680. The second kappa shape index (κ2) is 10.4. The van der Waals surface area contributed by atoms with Crippen LogP contribution in [0.2, 0.25) is 0 Å². The van der Waals surface area contributed by atoms with Gasteiger partial charge in [0.15, 0.2) is 5.17 Å². The summed E-state index contributed by atoms with van der Waals surface area (Å²) < 4.78 is 21.5. The number of para-hydroxylation sites is 1. The normalized spacial score (nSPS) is 16.1. The van der Waals surface area contributed by atoms with Crippen LogP contribution in [0.25, 0.3) is 22.7 Å². The summed E-state index contributed by atoms with van der Waals surface area (Å²) in [6.07, 6.45) is 4.57. The number of ether oxygens (including phenoxy) is 1. The van der Waals surface area contributed by atoms with Gasteiger partial charge in [-0.1, -0.05) is 47.7 Å². The van der Waals surface area contributed by atoms with Gasteiger partial charge < -0.3 is 9.30 Å². The van der Waals surface area contributed by atoms with E-state index in [0.717, 1.165) is 40.7 Å². The summed E-state index contributed by atoms with van der Waals surface area (Å²) in [6, 6.07) is 22.1. The van der Waals surface area contributed by atoms with Gasteiger partial charge in [0.1, 0.15) is 17.4 Å². The highest BCUT2D eigenvalue weighted by atomic mass is 32.2. The van der Waals surface area contributed by atoms with E-state index in [1.807, 2.05) is 61.0 Å². The molecule has 6 nitrogen and oxygen atoms in total. The van der Waals surface area contributed by atoms with E-state index in [4.69, 9.17) is 10.1 Å². The van der Waals surface area contributed by atoms with E-state index < -0.39 is 5.91 Å². The van der Waals surface area contributed by atoms with Crippen molar-refractivity contribution in [2.24, 2.45) is 4.99 Å². The van der Waals surface area contributed by atoms with E-state index in [-0.39, 0.29) is 17.2 Å². The molecule has 0 saturated carbocycles. The van der Waals surface area contributed by atoms with Crippen molar-refractivity contribution in [2.45, 2.75) is 19.9 Å². The number of amides is 1. The van der Waals surface area contributed by atoms with Crippen LogP contribution in [0.15, 0.2) is 95.0 Å². The molecule has 3 aromatic carbocycles. The van der Waals surface area contributed by atoms with Crippen molar-refractivity contribution in [3.05, 3.63) is 112 Å². The third-order valence-corrected chi connectivity index (χ3v) is 7.53. The molecule has 2 aliphatic rings. The molecule has 0 radical (unpaired) electrons. The number of amidine groups is 2. The fraction of sp³-hybridized carbons (Fsp3) is 0.129. The van der Waals surface area contributed by atoms with Crippen molar-refractivity contribution in [2.75, 3.05) is 6.61 Å². The Hall–Kier alpha value is -4.43. The second-order valence-electron chi connectivity index (χ2n) is 9.38. The van der Waals surface area contributed by atoms with E-state index in [2.05, 4.69) is 15.6 Å². The minimum Gasteiger partial charge on any atom is -0.494 e. The van der Waals surface area contributed by atoms with E-state index >= 15 is 0 Å². The number of benzene rings is 3. The number of aryl methyl sites for hydroxylation is 2. The lowest BCUT2D eigenvalue weighted by atomic mass is 10.1. The molecule has 0 fully saturated rings. The summed E-state index contributed by atoms with van der Waals surface area (Å²) in [5.74, 6) is 0.123. The van der Waals surface area contributed by atoms with Gasteiger partial charge in [0, 0.05) is 34.6 Å². The number of carbonyl (C=O) groups excluding carboxylic acids is 1. The van der Waals surface area contributed by atoms with Gasteiger partial charge in [-0.25, -0.2) is 4.39 Å². The van der Waals surface area contributed by atoms with Gasteiger partial charge in [-0.2, -0.15) is 4.99 Å². The number of fused-ring (bicyclic) bond motifs is 2. The van der Waals surface area contributed by atoms with Crippen LogP contribution in [0.1, 0.15) is 23.1 Å². The zero-order chi connectivity index (χ0) is 26.9. The highest BCUT2D eigenvalue weighted by Gasteiger charge is 2.36. The van der Waals surface area contributed by atoms with Crippen molar-refractivity contribution < 1.29 is 13.9 Å². The lowest BCUT2D eigenvalue weighted by Crippen LogP contribution is -2.38. The van der Waals surface area contributed by atoms with Gasteiger partial charge in [0.2, 0.25) is 0 Å². The van der Waals surface area contributed by atoms with Gasteiger partial charge in [-0.15, -0.1) is 0 Å². The molecular weight excluding hydrogens is 511 g/mol. The Balaban J connectivity index is 1.25. The van der Waals surface area contributed by atoms with E-state index in [0.29, 0.717) is 17.5 Å². The van der Waals surface area contributed by atoms with E-state index in [1.165, 1.54) is 29.5 Å². The highest BCUT2D eigenvalue weighted by molar-refractivity contribution is 8.17. The zero-order valence-corrected chi connectivity index (χ0v) is 22.0.